The number of thioether (sulfide) groups is 1. The lowest BCUT2D eigenvalue weighted by molar-refractivity contribution is -0.140. The molecule has 0 amide bonds. The Kier molecular flexibility index (Phi) is 6.94. The van der Waals surface area contributed by atoms with Gasteiger partial charge in [0.1, 0.15) is 16.8 Å². The first-order valence-electron chi connectivity index (χ1n) is 10.5. The quantitative estimate of drug-likeness (QED) is 0.385. The number of hydrogen-bond acceptors (Lipinski definition) is 7. The van der Waals surface area contributed by atoms with Gasteiger partial charge in [0.2, 0.25) is 5.95 Å². The zero-order valence-corrected chi connectivity index (χ0v) is 18.8. The van der Waals surface area contributed by atoms with Crippen molar-refractivity contribution in [2.45, 2.75) is 29.7 Å². The molecule has 2 heterocycles. The van der Waals surface area contributed by atoms with Crippen molar-refractivity contribution in [2.24, 2.45) is 0 Å². The number of anilines is 1. The first kappa shape index (κ1) is 22.1. The van der Waals surface area contributed by atoms with Crippen molar-refractivity contribution in [3.8, 4) is 11.4 Å². The number of hydrogen-bond donors (Lipinski definition) is 0. The predicted molar refractivity (Wildman–Crippen MR) is 121 cm³/mol. The molecule has 2 aromatic carbocycles. The standard InChI is InChI=1S/C23H25FN4O3S/c1-30-19-9-5-4-8-18(19)28-22(27-14-6-3-7-15-27)25-26-23(28)32-20(21(29)31-2)16-10-12-17(24)13-11-16/h4-5,8-13,20H,3,6-7,14-15H2,1-2H3/t20-/m0/s1. The second-order valence-corrected chi connectivity index (χ2v) is 8.48. The maximum absolute atomic E-state index is 13.5. The first-order valence-corrected chi connectivity index (χ1v) is 11.3. The third-order valence-corrected chi connectivity index (χ3v) is 6.57. The fourth-order valence-corrected chi connectivity index (χ4v) is 4.83. The molecule has 0 N–H and O–H groups in total. The van der Waals surface area contributed by atoms with E-state index in [1.807, 2.05) is 28.8 Å². The van der Waals surface area contributed by atoms with Gasteiger partial charge in [0.25, 0.3) is 0 Å². The number of benzene rings is 2. The van der Waals surface area contributed by atoms with Crippen LogP contribution in [0.2, 0.25) is 0 Å². The molecule has 4 rings (SSSR count). The Bertz CT molecular complexity index is 1070. The van der Waals surface area contributed by atoms with Gasteiger partial charge < -0.3 is 14.4 Å². The summed E-state index contributed by atoms with van der Waals surface area (Å²) >= 11 is 1.22. The number of piperidine rings is 1. The average Bonchev–Trinajstić information content (AvgIpc) is 3.26. The smallest absolute Gasteiger partial charge is 0.323 e. The molecule has 0 aliphatic carbocycles. The van der Waals surface area contributed by atoms with E-state index < -0.39 is 11.2 Å². The Morgan fingerprint density at radius 2 is 1.75 bits per heavy atom. The van der Waals surface area contributed by atoms with Crippen LogP contribution in [-0.4, -0.2) is 48.0 Å². The average molecular weight is 457 g/mol. The predicted octanol–water partition coefficient (Wildman–Crippen LogP) is 4.41. The SMILES string of the molecule is COC(=O)[C@@H](Sc1nnc(N2CCCCC2)n1-c1ccccc1OC)c1ccc(F)cc1. The minimum Gasteiger partial charge on any atom is -0.495 e. The summed E-state index contributed by atoms with van der Waals surface area (Å²) in [6, 6.07) is 13.5. The molecule has 1 atom stereocenters. The van der Waals surface area contributed by atoms with Gasteiger partial charge in [-0.3, -0.25) is 9.36 Å². The van der Waals surface area contributed by atoms with E-state index in [1.54, 1.807) is 19.2 Å². The molecule has 7 nitrogen and oxygen atoms in total. The van der Waals surface area contributed by atoms with Gasteiger partial charge in [0, 0.05) is 13.1 Å². The molecular weight excluding hydrogens is 431 g/mol. The van der Waals surface area contributed by atoms with Crippen LogP contribution in [0.5, 0.6) is 5.75 Å². The molecular formula is C23H25FN4O3S. The maximum Gasteiger partial charge on any atom is 0.323 e. The van der Waals surface area contributed by atoms with E-state index in [4.69, 9.17) is 9.47 Å². The topological polar surface area (TPSA) is 69.5 Å². The molecule has 32 heavy (non-hydrogen) atoms. The Labute approximate surface area is 190 Å². The van der Waals surface area contributed by atoms with Gasteiger partial charge in [-0.05, 0) is 49.1 Å². The maximum atomic E-state index is 13.5. The third kappa shape index (κ3) is 4.57. The van der Waals surface area contributed by atoms with Gasteiger partial charge in [-0.15, -0.1) is 10.2 Å². The number of nitrogens with zero attached hydrogens (tertiary/aromatic N) is 4. The summed E-state index contributed by atoms with van der Waals surface area (Å²) in [6.07, 6.45) is 3.36. The van der Waals surface area contributed by atoms with Gasteiger partial charge in [-0.2, -0.15) is 0 Å². The number of aromatic nitrogens is 3. The minimum atomic E-state index is -0.729. The largest absolute Gasteiger partial charge is 0.495 e. The summed E-state index contributed by atoms with van der Waals surface area (Å²) in [5.41, 5.74) is 1.41. The van der Waals surface area contributed by atoms with Gasteiger partial charge in [-0.1, -0.05) is 36.0 Å². The van der Waals surface area contributed by atoms with Crippen LogP contribution in [0.25, 0.3) is 5.69 Å². The van der Waals surface area contributed by atoms with Crippen molar-refractivity contribution in [3.05, 3.63) is 59.9 Å². The third-order valence-electron chi connectivity index (χ3n) is 5.39. The monoisotopic (exact) mass is 456 g/mol. The van der Waals surface area contributed by atoms with Crippen molar-refractivity contribution in [3.63, 3.8) is 0 Å². The van der Waals surface area contributed by atoms with E-state index in [0.717, 1.165) is 31.6 Å². The van der Waals surface area contributed by atoms with E-state index >= 15 is 0 Å². The normalized spacial score (nSPS) is 14.8. The van der Waals surface area contributed by atoms with Gasteiger partial charge in [0.05, 0.1) is 19.9 Å². The molecule has 9 heteroatoms. The zero-order valence-electron chi connectivity index (χ0n) is 18.0. The second-order valence-electron chi connectivity index (χ2n) is 7.41. The van der Waals surface area contributed by atoms with Crippen LogP contribution >= 0.6 is 11.8 Å². The Morgan fingerprint density at radius 3 is 2.44 bits per heavy atom. The van der Waals surface area contributed by atoms with Crippen molar-refractivity contribution in [1.29, 1.82) is 0 Å². The molecule has 0 spiro atoms. The lowest BCUT2D eigenvalue weighted by atomic mass is 10.1. The van der Waals surface area contributed by atoms with E-state index in [9.17, 15) is 9.18 Å². The Hall–Kier alpha value is -3.07. The van der Waals surface area contributed by atoms with Crippen LogP contribution < -0.4 is 9.64 Å². The lowest BCUT2D eigenvalue weighted by Gasteiger charge is -2.28. The van der Waals surface area contributed by atoms with Gasteiger partial charge in [0.15, 0.2) is 5.16 Å². The van der Waals surface area contributed by atoms with Gasteiger partial charge >= 0.3 is 5.97 Å². The minimum absolute atomic E-state index is 0.369. The van der Waals surface area contributed by atoms with Crippen molar-refractivity contribution >= 4 is 23.7 Å². The van der Waals surface area contributed by atoms with Crippen molar-refractivity contribution in [1.82, 2.24) is 14.8 Å². The van der Waals surface area contributed by atoms with Crippen LogP contribution in [0.1, 0.15) is 30.1 Å². The van der Waals surface area contributed by atoms with Crippen LogP contribution in [0.3, 0.4) is 0 Å². The molecule has 1 saturated heterocycles. The van der Waals surface area contributed by atoms with Gasteiger partial charge in [-0.25, -0.2) is 4.39 Å². The molecule has 0 radical (unpaired) electrons. The Morgan fingerprint density at radius 1 is 1.03 bits per heavy atom. The summed E-state index contributed by atoms with van der Waals surface area (Å²) in [4.78, 5) is 14.9. The van der Waals surface area contributed by atoms with Crippen molar-refractivity contribution < 1.29 is 18.7 Å². The van der Waals surface area contributed by atoms with E-state index in [0.29, 0.717) is 22.4 Å². The summed E-state index contributed by atoms with van der Waals surface area (Å²) in [5, 5.41) is 8.72. The molecule has 0 saturated carbocycles. The van der Waals surface area contributed by atoms with Crippen LogP contribution in [0.4, 0.5) is 10.3 Å². The van der Waals surface area contributed by atoms with E-state index in [1.165, 1.54) is 37.4 Å². The first-order chi connectivity index (χ1) is 15.6. The molecule has 0 bridgehead atoms. The molecule has 0 unspecified atom stereocenters. The lowest BCUT2D eigenvalue weighted by Crippen LogP contribution is -2.31. The number of methoxy groups -OCH3 is 2. The fourth-order valence-electron chi connectivity index (χ4n) is 3.76. The number of esters is 1. The highest BCUT2D eigenvalue weighted by atomic mass is 32.2. The summed E-state index contributed by atoms with van der Waals surface area (Å²) < 4.78 is 26.0. The molecule has 1 fully saturated rings. The summed E-state index contributed by atoms with van der Waals surface area (Å²) in [6.45, 7) is 1.77. The molecule has 1 aromatic heterocycles. The number of carbonyl (C=O) groups is 1. The summed E-state index contributed by atoms with van der Waals surface area (Å²) in [7, 11) is 2.95. The zero-order chi connectivity index (χ0) is 22.5. The molecule has 168 valence electrons. The van der Waals surface area contributed by atoms with E-state index in [2.05, 4.69) is 15.1 Å². The van der Waals surface area contributed by atoms with Crippen molar-refractivity contribution in [2.75, 3.05) is 32.2 Å². The second kappa shape index (κ2) is 10.0. The fraction of sp³-hybridized carbons (Fsp3) is 0.348. The number of rotatable bonds is 7. The summed E-state index contributed by atoms with van der Waals surface area (Å²) in [5.74, 6) is 0.561. The highest BCUT2D eigenvalue weighted by molar-refractivity contribution is 8.00. The van der Waals surface area contributed by atoms with Crippen LogP contribution in [0.15, 0.2) is 53.7 Å². The van der Waals surface area contributed by atoms with Crippen LogP contribution in [0, 0.1) is 5.82 Å². The number of carbonyl (C=O) groups excluding carboxylic acids is 1. The Balaban J connectivity index is 1.79. The highest BCUT2D eigenvalue weighted by Crippen LogP contribution is 2.39. The van der Waals surface area contributed by atoms with Crippen LogP contribution in [-0.2, 0) is 9.53 Å². The number of para-hydroxylation sites is 2. The number of halogens is 1. The van der Waals surface area contributed by atoms with E-state index in [-0.39, 0.29) is 5.82 Å². The molecule has 1 aliphatic heterocycles. The highest BCUT2D eigenvalue weighted by Gasteiger charge is 2.29. The molecule has 1 aliphatic rings. The number of ether oxygens (including phenoxy) is 2. The molecule has 3 aromatic rings.